The molecule has 0 bridgehead atoms. The number of carbonyl (C=O) groups excluding carboxylic acids is 2. The minimum atomic E-state index is -0.697. The van der Waals surface area contributed by atoms with Gasteiger partial charge in [-0.25, -0.2) is 4.98 Å². The molecule has 1 atom stereocenters. The van der Waals surface area contributed by atoms with Crippen LogP contribution in [0, 0.1) is 18.3 Å². The van der Waals surface area contributed by atoms with Crippen LogP contribution in [0.3, 0.4) is 0 Å². The Bertz CT molecular complexity index is 768. The molecule has 124 valence electrons. The minimum Gasteiger partial charge on any atom is -0.341 e. The van der Waals surface area contributed by atoms with Crippen LogP contribution >= 0.6 is 23.1 Å². The van der Waals surface area contributed by atoms with Crippen LogP contribution in [0.25, 0.3) is 0 Å². The van der Waals surface area contributed by atoms with Crippen LogP contribution in [0.15, 0.2) is 34.5 Å². The standard InChI is InChI=1S/C16H16N4O2S2/c1-10(18-14(22)12-6-4-3-5-7-12)13(21)20-16-19-11(2)15(24-16)23-9-8-17/h3-7,10H,9H2,1-2H3,(H,18,22)(H,19,20,21). The number of thioether (sulfide) groups is 1. The number of carbonyl (C=O) groups is 2. The first-order valence-electron chi connectivity index (χ1n) is 7.15. The number of amides is 2. The average molecular weight is 360 g/mol. The second-order valence-corrected chi connectivity index (χ2v) is 7.13. The van der Waals surface area contributed by atoms with Crippen LogP contribution in [0.2, 0.25) is 0 Å². The smallest absolute Gasteiger partial charge is 0.251 e. The number of aryl methyl sites for hydroxylation is 1. The van der Waals surface area contributed by atoms with Gasteiger partial charge in [0.1, 0.15) is 6.04 Å². The van der Waals surface area contributed by atoms with Crippen LogP contribution < -0.4 is 10.6 Å². The number of nitrogens with zero attached hydrogens (tertiary/aromatic N) is 2. The van der Waals surface area contributed by atoms with E-state index in [1.807, 2.05) is 13.0 Å². The summed E-state index contributed by atoms with van der Waals surface area (Å²) in [5.74, 6) is -0.316. The fourth-order valence-corrected chi connectivity index (χ4v) is 3.62. The summed E-state index contributed by atoms with van der Waals surface area (Å²) < 4.78 is 0.896. The zero-order valence-corrected chi connectivity index (χ0v) is 14.8. The normalized spacial score (nSPS) is 11.4. The summed E-state index contributed by atoms with van der Waals surface area (Å²) in [6.07, 6.45) is 0. The summed E-state index contributed by atoms with van der Waals surface area (Å²) in [7, 11) is 0. The number of thiazole rings is 1. The van der Waals surface area contributed by atoms with Crippen molar-refractivity contribution in [3.8, 4) is 6.07 Å². The lowest BCUT2D eigenvalue weighted by Crippen LogP contribution is -2.41. The van der Waals surface area contributed by atoms with E-state index >= 15 is 0 Å². The summed E-state index contributed by atoms with van der Waals surface area (Å²) in [6.45, 7) is 3.44. The Morgan fingerprint density at radius 1 is 1.38 bits per heavy atom. The van der Waals surface area contributed by atoms with Gasteiger partial charge in [0.05, 0.1) is 21.7 Å². The molecule has 1 unspecified atom stereocenters. The van der Waals surface area contributed by atoms with Gasteiger partial charge < -0.3 is 10.6 Å². The predicted molar refractivity (Wildman–Crippen MR) is 95.2 cm³/mol. The van der Waals surface area contributed by atoms with Crippen molar-refractivity contribution in [3.05, 3.63) is 41.6 Å². The molecule has 1 aromatic carbocycles. The van der Waals surface area contributed by atoms with Crippen molar-refractivity contribution in [2.45, 2.75) is 24.1 Å². The van der Waals surface area contributed by atoms with Crippen LogP contribution in [0.5, 0.6) is 0 Å². The van der Waals surface area contributed by atoms with Gasteiger partial charge in [0.25, 0.3) is 5.91 Å². The third kappa shape index (κ3) is 4.81. The maximum Gasteiger partial charge on any atom is 0.251 e. The second-order valence-electron chi connectivity index (χ2n) is 4.89. The van der Waals surface area contributed by atoms with Gasteiger partial charge in [-0.3, -0.25) is 9.59 Å². The van der Waals surface area contributed by atoms with E-state index in [1.54, 1.807) is 31.2 Å². The van der Waals surface area contributed by atoms with Gasteiger partial charge >= 0.3 is 0 Å². The quantitative estimate of drug-likeness (QED) is 0.773. The number of anilines is 1. The largest absolute Gasteiger partial charge is 0.341 e. The summed E-state index contributed by atoms with van der Waals surface area (Å²) >= 11 is 2.70. The van der Waals surface area contributed by atoms with E-state index < -0.39 is 6.04 Å². The molecule has 1 heterocycles. The summed E-state index contributed by atoms with van der Waals surface area (Å²) in [6, 6.07) is 10.1. The lowest BCUT2D eigenvalue weighted by molar-refractivity contribution is -0.117. The number of nitrogens with one attached hydrogen (secondary N) is 2. The maximum absolute atomic E-state index is 12.2. The summed E-state index contributed by atoms with van der Waals surface area (Å²) in [5.41, 5.74) is 1.27. The highest BCUT2D eigenvalue weighted by Crippen LogP contribution is 2.31. The lowest BCUT2D eigenvalue weighted by atomic mass is 10.2. The molecule has 0 saturated carbocycles. The molecule has 1 aromatic heterocycles. The van der Waals surface area contributed by atoms with E-state index in [9.17, 15) is 9.59 Å². The number of rotatable bonds is 6. The molecule has 0 spiro atoms. The zero-order chi connectivity index (χ0) is 17.5. The van der Waals surface area contributed by atoms with E-state index in [0.717, 1.165) is 9.90 Å². The van der Waals surface area contributed by atoms with E-state index in [4.69, 9.17) is 5.26 Å². The van der Waals surface area contributed by atoms with Crippen molar-refractivity contribution in [2.24, 2.45) is 0 Å². The SMILES string of the molecule is Cc1nc(NC(=O)C(C)NC(=O)c2ccccc2)sc1SCC#N. The van der Waals surface area contributed by atoms with Crippen LogP contribution in [0.4, 0.5) is 5.13 Å². The van der Waals surface area contributed by atoms with Crippen LogP contribution in [-0.2, 0) is 4.79 Å². The first kappa shape index (κ1) is 18.0. The highest BCUT2D eigenvalue weighted by molar-refractivity contribution is 8.01. The van der Waals surface area contributed by atoms with Crippen molar-refractivity contribution >= 4 is 40.0 Å². The minimum absolute atomic E-state index is 0.307. The number of aromatic nitrogens is 1. The highest BCUT2D eigenvalue weighted by atomic mass is 32.2. The van der Waals surface area contributed by atoms with Crippen molar-refractivity contribution < 1.29 is 9.59 Å². The second kappa shape index (κ2) is 8.47. The number of nitriles is 1. The summed E-state index contributed by atoms with van der Waals surface area (Å²) in [4.78, 5) is 28.5. The maximum atomic E-state index is 12.2. The van der Waals surface area contributed by atoms with Crippen LogP contribution in [-0.4, -0.2) is 28.6 Å². The number of hydrogen-bond donors (Lipinski definition) is 2. The molecule has 0 fully saturated rings. The van der Waals surface area contributed by atoms with E-state index in [0.29, 0.717) is 16.4 Å². The van der Waals surface area contributed by atoms with E-state index in [1.165, 1.54) is 23.1 Å². The molecule has 0 aliphatic heterocycles. The van der Waals surface area contributed by atoms with Crippen molar-refractivity contribution in [2.75, 3.05) is 11.1 Å². The third-order valence-corrected chi connectivity index (χ3v) is 5.33. The van der Waals surface area contributed by atoms with E-state index in [2.05, 4.69) is 21.7 Å². The molecule has 24 heavy (non-hydrogen) atoms. The molecule has 0 aliphatic carbocycles. The first-order valence-corrected chi connectivity index (χ1v) is 8.95. The molecular weight excluding hydrogens is 344 g/mol. The van der Waals surface area contributed by atoms with Gasteiger partial charge in [-0.2, -0.15) is 5.26 Å². The fourth-order valence-electron chi connectivity index (χ4n) is 1.82. The van der Waals surface area contributed by atoms with Gasteiger partial charge in [0.2, 0.25) is 5.91 Å². The highest BCUT2D eigenvalue weighted by Gasteiger charge is 2.18. The number of benzene rings is 1. The predicted octanol–water partition coefficient (Wildman–Crippen LogP) is 2.82. The molecule has 2 aromatic rings. The van der Waals surface area contributed by atoms with Gasteiger partial charge in [0.15, 0.2) is 5.13 Å². The van der Waals surface area contributed by atoms with E-state index in [-0.39, 0.29) is 11.8 Å². The Labute approximate surface area is 148 Å². The third-order valence-electron chi connectivity index (χ3n) is 3.03. The molecule has 2 rings (SSSR count). The van der Waals surface area contributed by atoms with Gasteiger partial charge in [-0.05, 0) is 26.0 Å². The topological polar surface area (TPSA) is 94.9 Å². The molecule has 0 saturated heterocycles. The van der Waals surface area contributed by atoms with Crippen molar-refractivity contribution in [1.82, 2.24) is 10.3 Å². The molecule has 2 amide bonds. The average Bonchev–Trinajstić information content (AvgIpc) is 2.92. The van der Waals surface area contributed by atoms with Gasteiger partial charge in [-0.1, -0.05) is 41.3 Å². The molecule has 6 nitrogen and oxygen atoms in total. The molecule has 2 N–H and O–H groups in total. The molecule has 0 aliphatic rings. The van der Waals surface area contributed by atoms with Crippen LogP contribution in [0.1, 0.15) is 23.0 Å². The summed E-state index contributed by atoms with van der Waals surface area (Å²) in [5, 5.41) is 14.4. The monoisotopic (exact) mass is 360 g/mol. The Kier molecular flexibility index (Phi) is 6.35. The lowest BCUT2D eigenvalue weighted by Gasteiger charge is -2.12. The van der Waals surface area contributed by atoms with Gasteiger partial charge in [-0.15, -0.1) is 0 Å². The molecule has 8 heteroatoms. The first-order chi connectivity index (χ1) is 11.5. The Morgan fingerprint density at radius 2 is 2.08 bits per heavy atom. The Morgan fingerprint density at radius 3 is 2.75 bits per heavy atom. The Hall–Kier alpha value is -2.37. The van der Waals surface area contributed by atoms with Crippen molar-refractivity contribution in [3.63, 3.8) is 0 Å². The fraction of sp³-hybridized carbons (Fsp3) is 0.250. The Balaban J connectivity index is 1.94. The zero-order valence-electron chi connectivity index (χ0n) is 13.2. The molecular formula is C16H16N4O2S2. The van der Waals surface area contributed by atoms with Gasteiger partial charge in [0, 0.05) is 5.56 Å². The number of hydrogen-bond acceptors (Lipinski definition) is 6. The molecule has 0 radical (unpaired) electrons. The van der Waals surface area contributed by atoms with Crippen molar-refractivity contribution in [1.29, 1.82) is 5.26 Å².